The van der Waals surface area contributed by atoms with E-state index in [2.05, 4.69) is 29.8 Å². The molecule has 0 spiro atoms. The average Bonchev–Trinajstić information content (AvgIpc) is 2.47. The maximum absolute atomic E-state index is 8.82. The third-order valence-corrected chi connectivity index (χ3v) is 3.31. The first-order valence-corrected chi connectivity index (χ1v) is 6.73. The highest BCUT2D eigenvalue weighted by atomic mass is 16.5. The van der Waals surface area contributed by atoms with E-state index in [1.165, 1.54) is 0 Å². The van der Waals surface area contributed by atoms with E-state index in [9.17, 15) is 0 Å². The number of aromatic nitrogens is 1. The molecule has 0 bridgehead atoms. The summed E-state index contributed by atoms with van der Waals surface area (Å²) < 4.78 is 5.30. The molecule has 0 aliphatic rings. The predicted molar refractivity (Wildman–Crippen MR) is 81.0 cm³/mol. The largest absolute Gasteiger partial charge is 0.497 e. The summed E-state index contributed by atoms with van der Waals surface area (Å²) in [6.45, 7) is 4.90. The van der Waals surface area contributed by atoms with Crippen LogP contribution in [0.5, 0.6) is 5.75 Å². The number of nitrogens with zero attached hydrogens (tertiary/aromatic N) is 3. The molecule has 0 aliphatic heterocycles. The molecule has 1 aromatic heterocycles. The van der Waals surface area contributed by atoms with Gasteiger partial charge < -0.3 is 9.64 Å². The highest BCUT2D eigenvalue weighted by Crippen LogP contribution is 2.29. The van der Waals surface area contributed by atoms with E-state index in [-0.39, 0.29) is 6.04 Å². The van der Waals surface area contributed by atoms with Crippen molar-refractivity contribution in [2.24, 2.45) is 0 Å². The van der Waals surface area contributed by atoms with E-state index in [4.69, 9.17) is 10.00 Å². The van der Waals surface area contributed by atoms with Crippen LogP contribution in [0.1, 0.15) is 20.3 Å². The molecule has 0 radical (unpaired) electrons. The van der Waals surface area contributed by atoms with Crippen LogP contribution in [0.2, 0.25) is 0 Å². The second kappa shape index (κ2) is 6.25. The molecule has 0 saturated heterocycles. The van der Waals surface area contributed by atoms with Crippen molar-refractivity contribution in [3.8, 4) is 11.8 Å². The van der Waals surface area contributed by atoms with E-state index in [0.29, 0.717) is 13.0 Å². The average molecular weight is 269 g/mol. The molecule has 2 aromatic rings. The minimum Gasteiger partial charge on any atom is -0.497 e. The normalized spacial score (nSPS) is 10.6. The number of methoxy groups -OCH3 is 1. The number of pyridine rings is 1. The second-order valence-electron chi connectivity index (χ2n) is 4.92. The molecule has 104 valence electrons. The maximum atomic E-state index is 8.82. The van der Waals surface area contributed by atoms with Crippen LogP contribution in [0.3, 0.4) is 0 Å². The molecular formula is C16H19N3O. The third kappa shape index (κ3) is 2.83. The van der Waals surface area contributed by atoms with Crippen molar-refractivity contribution in [3.05, 3.63) is 30.5 Å². The number of hydrogen-bond acceptors (Lipinski definition) is 4. The van der Waals surface area contributed by atoms with Gasteiger partial charge in [0.25, 0.3) is 0 Å². The van der Waals surface area contributed by atoms with Crippen LogP contribution >= 0.6 is 0 Å². The highest BCUT2D eigenvalue weighted by Gasteiger charge is 2.15. The summed E-state index contributed by atoms with van der Waals surface area (Å²) in [7, 11) is 1.66. The molecule has 1 aromatic carbocycles. The lowest BCUT2D eigenvalue weighted by molar-refractivity contribution is 0.415. The second-order valence-corrected chi connectivity index (χ2v) is 4.92. The fourth-order valence-corrected chi connectivity index (χ4v) is 2.27. The van der Waals surface area contributed by atoms with Crippen molar-refractivity contribution in [1.29, 1.82) is 5.26 Å². The molecule has 0 amide bonds. The third-order valence-electron chi connectivity index (χ3n) is 3.31. The zero-order chi connectivity index (χ0) is 14.5. The van der Waals surface area contributed by atoms with Gasteiger partial charge in [0.1, 0.15) is 11.6 Å². The molecule has 1 heterocycles. The quantitative estimate of drug-likeness (QED) is 0.835. The van der Waals surface area contributed by atoms with Gasteiger partial charge in [0.05, 0.1) is 19.6 Å². The van der Waals surface area contributed by atoms with Gasteiger partial charge in [-0.05, 0) is 37.4 Å². The summed E-state index contributed by atoms with van der Waals surface area (Å²) in [5.41, 5.74) is 0. The Morgan fingerprint density at radius 2 is 2.15 bits per heavy atom. The van der Waals surface area contributed by atoms with E-state index >= 15 is 0 Å². The van der Waals surface area contributed by atoms with E-state index < -0.39 is 0 Å². The Morgan fingerprint density at radius 3 is 2.80 bits per heavy atom. The lowest BCUT2D eigenvalue weighted by Crippen LogP contribution is -2.32. The Morgan fingerprint density at radius 1 is 1.35 bits per heavy atom. The fraction of sp³-hybridized carbons (Fsp3) is 0.375. The summed E-state index contributed by atoms with van der Waals surface area (Å²) in [4.78, 5) is 6.68. The summed E-state index contributed by atoms with van der Waals surface area (Å²) in [6, 6.07) is 10.4. The van der Waals surface area contributed by atoms with Crippen molar-refractivity contribution < 1.29 is 4.74 Å². The van der Waals surface area contributed by atoms with Gasteiger partial charge in [-0.25, -0.2) is 4.98 Å². The number of anilines is 1. The van der Waals surface area contributed by atoms with E-state index in [1.54, 1.807) is 7.11 Å². The van der Waals surface area contributed by atoms with Crippen molar-refractivity contribution in [2.45, 2.75) is 26.3 Å². The van der Waals surface area contributed by atoms with Crippen molar-refractivity contribution in [2.75, 3.05) is 18.6 Å². The van der Waals surface area contributed by atoms with Gasteiger partial charge >= 0.3 is 0 Å². The lowest BCUT2D eigenvalue weighted by atomic mass is 10.1. The van der Waals surface area contributed by atoms with Crippen LogP contribution in [-0.2, 0) is 0 Å². The summed E-state index contributed by atoms with van der Waals surface area (Å²) in [5.74, 6) is 1.72. The first kappa shape index (κ1) is 14.1. The van der Waals surface area contributed by atoms with Gasteiger partial charge in [-0.2, -0.15) is 5.26 Å². The number of nitriles is 1. The molecule has 2 rings (SSSR count). The Balaban J connectivity index is 2.53. The van der Waals surface area contributed by atoms with Crippen LogP contribution in [0, 0.1) is 11.3 Å². The molecule has 0 saturated carbocycles. The standard InChI is InChI=1S/C16H19N3O/c1-12(2)19(10-4-8-17)16-15-11-14(20-3)6-5-13(15)7-9-18-16/h5-7,9,11-12H,4,10H2,1-3H3. The zero-order valence-corrected chi connectivity index (χ0v) is 12.1. The number of fused-ring (bicyclic) bond motifs is 1. The molecule has 0 fully saturated rings. The molecule has 0 atom stereocenters. The smallest absolute Gasteiger partial charge is 0.136 e. The monoisotopic (exact) mass is 269 g/mol. The van der Waals surface area contributed by atoms with Crippen LogP contribution < -0.4 is 9.64 Å². The zero-order valence-electron chi connectivity index (χ0n) is 12.1. The van der Waals surface area contributed by atoms with E-state index in [0.717, 1.165) is 22.3 Å². The number of hydrogen-bond donors (Lipinski definition) is 0. The number of ether oxygens (including phenoxy) is 1. The predicted octanol–water partition coefficient (Wildman–Crippen LogP) is 3.37. The van der Waals surface area contributed by atoms with Crippen LogP contribution in [0.25, 0.3) is 10.8 Å². The van der Waals surface area contributed by atoms with Gasteiger partial charge in [0.2, 0.25) is 0 Å². The topological polar surface area (TPSA) is 49.1 Å². The van der Waals surface area contributed by atoms with Crippen LogP contribution in [-0.4, -0.2) is 24.7 Å². The molecule has 4 nitrogen and oxygen atoms in total. The molecule has 20 heavy (non-hydrogen) atoms. The van der Waals surface area contributed by atoms with Crippen molar-refractivity contribution in [1.82, 2.24) is 4.98 Å². The molecular weight excluding hydrogens is 250 g/mol. The summed E-state index contributed by atoms with van der Waals surface area (Å²) in [5, 5.41) is 11.0. The van der Waals surface area contributed by atoms with Crippen LogP contribution in [0.15, 0.2) is 30.5 Å². The van der Waals surface area contributed by atoms with Gasteiger partial charge in [-0.3, -0.25) is 0 Å². The van der Waals surface area contributed by atoms with Gasteiger partial charge in [-0.15, -0.1) is 0 Å². The molecule has 0 unspecified atom stereocenters. The first-order valence-electron chi connectivity index (χ1n) is 6.73. The van der Waals surface area contributed by atoms with E-state index in [1.807, 2.05) is 30.5 Å². The SMILES string of the molecule is COc1ccc2ccnc(N(CCC#N)C(C)C)c2c1. The van der Waals surface area contributed by atoms with Crippen molar-refractivity contribution >= 4 is 16.6 Å². The Bertz CT molecular complexity index is 631. The van der Waals surface area contributed by atoms with Crippen molar-refractivity contribution in [3.63, 3.8) is 0 Å². The Kier molecular flexibility index (Phi) is 4.41. The highest BCUT2D eigenvalue weighted by molar-refractivity contribution is 5.93. The minimum atomic E-state index is 0.285. The fourth-order valence-electron chi connectivity index (χ4n) is 2.27. The minimum absolute atomic E-state index is 0.285. The Hall–Kier alpha value is -2.28. The van der Waals surface area contributed by atoms with Gasteiger partial charge in [0, 0.05) is 24.2 Å². The number of rotatable bonds is 5. The lowest BCUT2D eigenvalue weighted by Gasteiger charge is -2.28. The maximum Gasteiger partial charge on any atom is 0.136 e. The molecule has 4 heteroatoms. The first-order chi connectivity index (χ1) is 9.67. The molecule has 0 aliphatic carbocycles. The van der Waals surface area contributed by atoms with Gasteiger partial charge in [0.15, 0.2) is 0 Å². The summed E-state index contributed by atoms with van der Waals surface area (Å²) in [6.07, 6.45) is 2.30. The summed E-state index contributed by atoms with van der Waals surface area (Å²) >= 11 is 0. The Labute approximate surface area is 119 Å². The number of benzene rings is 1. The van der Waals surface area contributed by atoms with Gasteiger partial charge in [-0.1, -0.05) is 6.07 Å². The molecule has 0 N–H and O–H groups in total. The van der Waals surface area contributed by atoms with Crippen LogP contribution in [0.4, 0.5) is 5.82 Å².